The molecule has 0 saturated heterocycles. The van der Waals surface area contributed by atoms with Gasteiger partial charge < -0.3 is 15.2 Å². The molecule has 2 aromatic rings. The van der Waals surface area contributed by atoms with Gasteiger partial charge in [0.25, 0.3) is 0 Å². The molecule has 0 unspecified atom stereocenters. The Hall–Kier alpha value is -2.20. The molecular weight excluding hydrogens is 264 g/mol. The third-order valence-corrected chi connectivity index (χ3v) is 3.23. The zero-order valence-electron chi connectivity index (χ0n) is 12.6. The van der Waals surface area contributed by atoms with Crippen molar-refractivity contribution in [1.82, 2.24) is 4.90 Å². The number of benzene rings is 2. The Kier molecular flexibility index (Phi) is 5.46. The second kappa shape index (κ2) is 7.55. The van der Waals surface area contributed by atoms with Crippen molar-refractivity contribution in [2.24, 2.45) is 0 Å². The molecular formula is C17H22N2O2. The first-order valence-corrected chi connectivity index (χ1v) is 6.98. The van der Waals surface area contributed by atoms with Crippen LogP contribution in [0.5, 0.6) is 11.5 Å². The van der Waals surface area contributed by atoms with Gasteiger partial charge in [0.05, 0.1) is 7.11 Å². The summed E-state index contributed by atoms with van der Waals surface area (Å²) >= 11 is 0. The van der Waals surface area contributed by atoms with Gasteiger partial charge in [0.1, 0.15) is 6.61 Å². The zero-order valence-corrected chi connectivity index (χ0v) is 12.6. The smallest absolute Gasteiger partial charge is 0.161 e. The molecule has 0 radical (unpaired) electrons. The van der Waals surface area contributed by atoms with Crippen LogP contribution in [-0.2, 0) is 6.54 Å². The van der Waals surface area contributed by atoms with Crippen molar-refractivity contribution in [2.75, 3.05) is 33.0 Å². The number of methoxy groups -OCH3 is 1. The summed E-state index contributed by atoms with van der Waals surface area (Å²) in [7, 11) is 3.72. The summed E-state index contributed by atoms with van der Waals surface area (Å²) in [4.78, 5) is 2.21. The Morgan fingerprint density at radius 1 is 1.00 bits per heavy atom. The van der Waals surface area contributed by atoms with Crippen LogP contribution in [0.1, 0.15) is 5.56 Å². The molecule has 2 rings (SSSR count). The third kappa shape index (κ3) is 4.68. The van der Waals surface area contributed by atoms with Crippen LogP contribution in [0.3, 0.4) is 0 Å². The lowest BCUT2D eigenvalue weighted by Gasteiger charge is -2.18. The van der Waals surface area contributed by atoms with E-state index >= 15 is 0 Å². The van der Waals surface area contributed by atoms with E-state index in [-0.39, 0.29) is 0 Å². The normalized spacial score (nSPS) is 10.6. The molecule has 112 valence electrons. The van der Waals surface area contributed by atoms with Crippen LogP contribution in [-0.4, -0.2) is 32.2 Å². The number of likely N-dealkylation sites (N-methyl/N-ethyl adjacent to an activating group) is 1. The van der Waals surface area contributed by atoms with E-state index in [2.05, 4.69) is 11.9 Å². The fourth-order valence-corrected chi connectivity index (χ4v) is 2.06. The summed E-state index contributed by atoms with van der Waals surface area (Å²) in [6.45, 7) is 2.32. The van der Waals surface area contributed by atoms with Gasteiger partial charge in [0, 0.05) is 18.8 Å². The molecule has 0 bridgehead atoms. The van der Waals surface area contributed by atoms with Gasteiger partial charge in [-0.25, -0.2) is 0 Å². The van der Waals surface area contributed by atoms with Crippen LogP contribution in [0.2, 0.25) is 0 Å². The maximum Gasteiger partial charge on any atom is 0.161 e. The molecule has 0 aromatic heterocycles. The molecule has 0 aliphatic carbocycles. The highest BCUT2D eigenvalue weighted by atomic mass is 16.5. The molecule has 0 spiro atoms. The minimum atomic E-state index is 0.617. The molecule has 4 heteroatoms. The minimum Gasteiger partial charge on any atom is -0.493 e. The SMILES string of the molecule is COc1ccccc1OCCN(C)Cc1ccc(N)cc1. The molecule has 0 aliphatic rings. The van der Waals surface area contributed by atoms with Crippen molar-refractivity contribution in [3.8, 4) is 11.5 Å². The predicted octanol–water partition coefficient (Wildman–Crippen LogP) is 2.79. The highest BCUT2D eigenvalue weighted by Gasteiger charge is 2.04. The molecule has 0 atom stereocenters. The van der Waals surface area contributed by atoms with Crippen molar-refractivity contribution >= 4 is 5.69 Å². The van der Waals surface area contributed by atoms with Crippen LogP contribution in [0.25, 0.3) is 0 Å². The largest absolute Gasteiger partial charge is 0.493 e. The molecule has 2 N–H and O–H groups in total. The maximum absolute atomic E-state index is 5.77. The minimum absolute atomic E-state index is 0.617. The first-order chi connectivity index (χ1) is 10.2. The van der Waals surface area contributed by atoms with Gasteiger partial charge in [-0.15, -0.1) is 0 Å². The van der Waals surface area contributed by atoms with E-state index in [1.807, 2.05) is 48.5 Å². The number of anilines is 1. The molecule has 21 heavy (non-hydrogen) atoms. The topological polar surface area (TPSA) is 47.7 Å². The second-order valence-electron chi connectivity index (χ2n) is 4.98. The molecule has 0 aliphatic heterocycles. The van der Waals surface area contributed by atoms with Gasteiger partial charge in [0.15, 0.2) is 11.5 Å². The molecule has 0 saturated carbocycles. The van der Waals surface area contributed by atoms with Crippen molar-refractivity contribution in [3.05, 3.63) is 54.1 Å². The van der Waals surface area contributed by atoms with Crippen LogP contribution < -0.4 is 15.2 Å². The summed E-state index contributed by atoms with van der Waals surface area (Å²) in [5.74, 6) is 1.54. The summed E-state index contributed by atoms with van der Waals surface area (Å²) in [5.41, 5.74) is 7.72. The lowest BCUT2D eigenvalue weighted by atomic mass is 10.2. The first kappa shape index (κ1) is 15.2. The van der Waals surface area contributed by atoms with Gasteiger partial charge in [-0.3, -0.25) is 4.90 Å². The van der Waals surface area contributed by atoms with E-state index in [4.69, 9.17) is 15.2 Å². The lowest BCUT2D eigenvalue weighted by Crippen LogP contribution is -2.23. The van der Waals surface area contributed by atoms with E-state index in [1.165, 1.54) is 5.56 Å². The highest BCUT2D eigenvalue weighted by Crippen LogP contribution is 2.25. The van der Waals surface area contributed by atoms with E-state index in [0.29, 0.717) is 6.61 Å². The Labute approximate surface area is 126 Å². The third-order valence-electron chi connectivity index (χ3n) is 3.23. The van der Waals surface area contributed by atoms with E-state index in [1.54, 1.807) is 7.11 Å². The number of ether oxygens (including phenoxy) is 2. The van der Waals surface area contributed by atoms with Crippen molar-refractivity contribution in [2.45, 2.75) is 6.54 Å². The van der Waals surface area contributed by atoms with Crippen molar-refractivity contribution in [1.29, 1.82) is 0 Å². The van der Waals surface area contributed by atoms with Gasteiger partial charge in [-0.2, -0.15) is 0 Å². The number of rotatable bonds is 7. The number of para-hydroxylation sites is 2. The van der Waals surface area contributed by atoms with Gasteiger partial charge >= 0.3 is 0 Å². The Bertz CT molecular complexity index is 555. The Morgan fingerprint density at radius 2 is 1.67 bits per heavy atom. The monoisotopic (exact) mass is 286 g/mol. The molecule has 4 nitrogen and oxygen atoms in total. The lowest BCUT2D eigenvalue weighted by molar-refractivity contribution is 0.226. The van der Waals surface area contributed by atoms with E-state index in [0.717, 1.165) is 30.3 Å². The fourth-order valence-electron chi connectivity index (χ4n) is 2.06. The number of nitrogens with two attached hydrogens (primary N) is 1. The van der Waals surface area contributed by atoms with Crippen LogP contribution in [0.15, 0.2) is 48.5 Å². The summed E-state index contributed by atoms with van der Waals surface area (Å²) in [6, 6.07) is 15.6. The fraction of sp³-hybridized carbons (Fsp3) is 0.294. The summed E-state index contributed by atoms with van der Waals surface area (Å²) in [5, 5.41) is 0. The average molecular weight is 286 g/mol. The second-order valence-corrected chi connectivity index (χ2v) is 4.98. The average Bonchev–Trinajstić information content (AvgIpc) is 2.50. The number of hydrogen-bond donors (Lipinski definition) is 1. The number of nitrogen functional groups attached to an aromatic ring is 1. The first-order valence-electron chi connectivity index (χ1n) is 6.98. The van der Waals surface area contributed by atoms with Crippen molar-refractivity contribution in [3.63, 3.8) is 0 Å². The standard InChI is InChI=1S/C17H22N2O2/c1-19(13-14-7-9-15(18)10-8-14)11-12-21-17-6-4-3-5-16(17)20-2/h3-10H,11-13,18H2,1-2H3. The van der Waals surface area contributed by atoms with Crippen LogP contribution in [0.4, 0.5) is 5.69 Å². The van der Waals surface area contributed by atoms with E-state index < -0.39 is 0 Å². The predicted molar refractivity (Wildman–Crippen MR) is 85.7 cm³/mol. The van der Waals surface area contributed by atoms with Gasteiger partial charge in [-0.05, 0) is 36.9 Å². The molecule has 2 aromatic carbocycles. The Morgan fingerprint density at radius 3 is 2.33 bits per heavy atom. The van der Waals surface area contributed by atoms with Crippen molar-refractivity contribution < 1.29 is 9.47 Å². The molecule has 0 heterocycles. The summed E-state index contributed by atoms with van der Waals surface area (Å²) in [6.07, 6.45) is 0. The van der Waals surface area contributed by atoms with E-state index in [9.17, 15) is 0 Å². The number of nitrogens with zero attached hydrogens (tertiary/aromatic N) is 1. The quantitative estimate of drug-likeness (QED) is 0.795. The molecule has 0 fully saturated rings. The Balaban J connectivity index is 1.79. The van der Waals surface area contributed by atoms with Gasteiger partial charge in [-0.1, -0.05) is 24.3 Å². The van der Waals surface area contributed by atoms with Gasteiger partial charge in [0.2, 0.25) is 0 Å². The maximum atomic E-state index is 5.77. The van der Waals surface area contributed by atoms with Crippen LogP contribution >= 0.6 is 0 Å². The molecule has 0 amide bonds. The zero-order chi connectivity index (χ0) is 15.1. The highest BCUT2D eigenvalue weighted by molar-refractivity contribution is 5.40. The number of hydrogen-bond acceptors (Lipinski definition) is 4. The van der Waals surface area contributed by atoms with Crippen LogP contribution in [0, 0.1) is 0 Å². The summed E-state index contributed by atoms with van der Waals surface area (Å²) < 4.78 is 11.0.